The molecule has 2 heterocycles. The Labute approximate surface area is 151 Å². The Balaban J connectivity index is 0.00000208. The van der Waals surface area contributed by atoms with Crippen molar-refractivity contribution in [3.05, 3.63) is 43.0 Å². The molecule has 1 aromatic carbocycles. The number of nitrogen functional groups attached to an aromatic ring is 1. The van der Waals surface area contributed by atoms with E-state index in [1.807, 2.05) is 12.1 Å². The highest BCUT2D eigenvalue weighted by Gasteiger charge is 2.15. The molecule has 5 nitrogen and oxygen atoms in total. The van der Waals surface area contributed by atoms with Crippen LogP contribution in [0.2, 0.25) is 0 Å². The van der Waals surface area contributed by atoms with Crippen molar-refractivity contribution in [2.24, 2.45) is 7.05 Å². The number of halogens is 1. The largest absolute Gasteiger partial charge is 1.00 e. The zero-order valence-electron chi connectivity index (χ0n) is 14.4. The number of hydrogen-bond acceptors (Lipinski definition) is 3. The minimum absolute atomic E-state index is 0. The Morgan fingerprint density at radius 1 is 1.04 bits per heavy atom. The van der Waals surface area contributed by atoms with Gasteiger partial charge in [-0.05, 0) is 43.7 Å². The lowest BCUT2D eigenvalue weighted by atomic mass is 10.2. The number of anilines is 2. The van der Waals surface area contributed by atoms with Gasteiger partial charge in [0.15, 0.2) is 0 Å². The summed E-state index contributed by atoms with van der Waals surface area (Å²) in [5, 5.41) is 0. The number of rotatable bonds is 5. The second kappa shape index (κ2) is 8.94. The fraction of sp³-hybridized carbons (Fsp3) is 0.500. The van der Waals surface area contributed by atoms with Crippen molar-refractivity contribution in [1.82, 2.24) is 9.47 Å². The van der Waals surface area contributed by atoms with Crippen molar-refractivity contribution in [1.29, 1.82) is 0 Å². The van der Waals surface area contributed by atoms with Crippen molar-refractivity contribution in [3.8, 4) is 0 Å². The Morgan fingerprint density at radius 2 is 1.83 bits per heavy atom. The monoisotopic (exact) mass is 349 g/mol. The maximum Gasteiger partial charge on any atom is 0.243 e. The standard InChI is InChI=1S/C18H28N5.ClH/c1-20-12-13-22(16-20)10-2-8-21-9-3-11-23(15-14-21)18-6-4-17(19)5-7-18;/h4-7,12-13,16H,2-3,8-11,14-15,19H2,1H3;1H/q+1;/p-1. The van der Waals surface area contributed by atoms with Crippen molar-refractivity contribution >= 4 is 11.4 Å². The van der Waals surface area contributed by atoms with E-state index in [2.05, 4.69) is 56.8 Å². The molecule has 0 aliphatic carbocycles. The summed E-state index contributed by atoms with van der Waals surface area (Å²) in [6.07, 6.45) is 8.81. The molecule has 0 unspecified atom stereocenters. The maximum absolute atomic E-state index is 5.78. The van der Waals surface area contributed by atoms with E-state index < -0.39 is 0 Å². The van der Waals surface area contributed by atoms with Crippen molar-refractivity contribution in [3.63, 3.8) is 0 Å². The minimum Gasteiger partial charge on any atom is -1.00 e. The molecule has 0 amide bonds. The van der Waals surface area contributed by atoms with Gasteiger partial charge >= 0.3 is 0 Å². The molecule has 0 atom stereocenters. The van der Waals surface area contributed by atoms with Gasteiger partial charge < -0.3 is 27.9 Å². The first-order valence-corrected chi connectivity index (χ1v) is 8.54. The summed E-state index contributed by atoms with van der Waals surface area (Å²) in [6, 6.07) is 8.26. The van der Waals surface area contributed by atoms with E-state index in [1.165, 1.54) is 31.6 Å². The first-order chi connectivity index (χ1) is 11.2. The predicted octanol–water partition coefficient (Wildman–Crippen LogP) is -1.50. The van der Waals surface area contributed by atoms with Gasteiger partial charge in [-0.15, -0.1) is 0 Å². The van der Waals surface area contributed by atoms with Crippen LogP contribution in [0.1, 0.15) is 12.8 Å². The number of nitrogens with two attached hydrogens (primary N) is 1. The van der Waals surface area contributed by atoms with Crippen LogP contribution in [0.15, 0.2) is 43.0 Å². The molecular weight excluding hydrogens is 322 g/mol. The average Bonchev–Trinajstić information content (AvgIpc) is 2.82. The zero-order chi connectivity index (χ0) is 16.1. The number of benzene rings is 1. The summed E-state index contributed by atoms with van der Waals surface area (Å²) in [5.74, 6) is 0. The van der Waals surface area contributed by atoms with Crippen LogP contribution in [0.25, 0.3) is 0 Å². The highest BCUT2D eigenvalue weighted by molar-refractivity contribution is 5.53. The lowest BCUT2D eigenvalue weighted by molar-refractivity contribution is -0.671. The van der Waals surface area contributed by atoms with Gasteiger partial charge in [-0.25, -0.2) is 9.13 Å². The number of aryl methyl sites for hydroxylation is 2. The summed E-state index contributed by atoms with van der Waals surface area (Å²) in [6.45, 7) is 6.85. The van der Waals surface area contributed by atoms with Crippen LogP contribution in [0.5, 0.6) is 0 Å². The Bertz CT molecular complexity index is 610. The fourth-order valence-corrected chi connectivity index (χ4v) is 3.25. The Hall–Kier alpha value is -1.72. The van der Waals surface area contributed by atoms with Crippen molar-refractivity contribution in [2.45, 2.75) is 19.4 Å². The lowest BCUT2D eigenvalue weighted by Crippen LogP contribution is -3.00. The molecule has 0 spiro atoms. The molecule has 2 aromatic rings. The third kappa shape index (κ3) is 5.14. The smallest absolute Gasteiger partial charge is 0.243 e. The molecule has 0 radical (unpaired) electrons. The van der Waals surface area contributed by atoms with E-state index in [0.29, 0.717) is 0 Å². The molecule has 3 rings (SSSR count). The van der Waals surface area contributed by atoms with Gasteiger partial charge in [0.1, 0.15) is 12.4 Å². The number of imidazole rings is 1. The van der Waals surface area contributed by atoms with Gasteiger partial charge in [0, 0.05) is 37.6 Å². The third-order valence-corrected chi connectivity index (χ3v) is 4.56. The van der Waals surface area contributed by atoms with E-state index in [-0.39, 0.29) is 12.4 Å². The molecule has 1 saturated heterocycles. The molecule has 1 aromatic heterocycles. The molecule has 1 aliphatic rings. The highest BCUT2D eigenvalue weighted by Crippen LogP contribution is 2.18. The molecule has 0 saturated carbocycles. The summed E-state index contributed by atoms with van der Waals surface area (Å²) in [7, 11) is 2.07. The molecule has 1 fully saturated rings. The predicted molar refractivity (Wildman–Crippen MR) is 94.3 cm³/mol. The summed E-state index contributed by atoms with van der Waals surface area (Å²) in [4.78, 5) is 5.08. The van der Waals surface area contributed by atoms with Gasteiger partial charge in [-0.2, -0.15) is 0 Å². The van der Waals surface area contributed by atoms with Gasteiger partial charge in [-0.1, -0.05) is 0 Å². The van der Waals surface area contributed by atoms with Crippen LogP contribution >= 0.6 is 0 Å². The topological polar surface area (TPSA) is 41.3 Å². The normalized spacial score (nSPS) is 15.8. The molecule has 0 bridgehead atoms. The molecule has 6 heteroatoms. The number of hydrogen-bond donors (Lipinski definition) is 1. The van der Waals surface area contributed by atoms with E-state index in [1.54, 1.807) is 0 Å². The van der Waals surface area contributed by atoms with Gasteiger partial charge in [0.2, 0.25) is 6.33 Å². The molecule has 24 heavy (non-hydrogen) atoms. The van der Waals surface area contributed by atoms with Gasteiger partial charge in [0.25, 0.3) is 0 Å². The van der Waals surface area contributed by atoms with Crippen LogP contribution in [0.4, 0.5) is 11.4 Å². The summed E-state index contributed by atoms with van der Waals surface area (Å²) < 4.78 is 4.36. The Kier molecular flexibility index (Phi) is 6.94. The van der Waals surface area contributed by atoms with E-state index >= 15 is 0 Å². The molecule has 132 valence electrons. The van der Waals surface area contributed by atoms with E-state index in [0.717, 1.165) is 31.9 Å². The average molecular weight is 350 g/mol. The fourth-order valence-electron chi connectivity index (χ4n) is 3.25. The van der Waals surface area contributed by atoms with Gasteiger partial charge in [-0.3, -0.25) is 0 Å². The highest BCUT2D eigenvalue weighted by atomic mass is 35.5. The van der Waals surface area contributed by atoms with E-state index in [4.69, 9.17) is 5.73 Å². The third-order valence-electron chi connectivity index (χ3n) is 4.56. The van der Waals surface area contributed by atoms with Crippen LogP contribution in [0.3, 0.4) is 0 Å². The molecule has 1 aliphatic heterocycles. The van der Waals surface area contributed by atoms with Crippen LogP contribution in [0, 0.1) is 0 Å². The summed E-state index contributed by atoms with van der Waals surface area (Å²) >= 11 is 0. The first kappa shape index (κ1) is 18.6. The van der Waals surface area contributed by atoms with Gasteiger partial charge in [0.05, 0.1) is 13.6 Å². The molecular formula is C18H28ClN5. The second-order valence-corrected chi connectivity index (χ2v) is 6.44. The number of nitrogens with zero attached hydrogens (tertiary/aromatic N) is 4. The maximum atomic E-state index is 5.78. The second-order valence-electron chi connectivity index (χ2n) is 6.44. The van der Waals surface area contributed by atoms with Crippen molar-refractivity contribution < 1.29 is 17.0 Å². The quantitative estimate of drug-likeness (QED) is 0.528. The van der Waals surface area contributed by atoms with Crippen LogP contribution in [-0.4, -0.2) is 42.2 Å². The number of aromatic nitrogens is 2. The molecule has 2 N–H and O–H groups in total. The first-order valence-electron chi connectivity index (χ1n) is 8.54. The zero-order valence-corrected chi connectivity index (χ0v) is 15.2. The van der Waals surface area contributed by atoms with Crippen LogP contribution in [-0.2, 0) is 13.6 Å². The van der Waals surface area contributed by atoms with E-state index in [9.17, 15) is 0 Å². The lowest BCUT2D eigenvalue weighted by Gasteiger charge is -2.23. The Morgan fingerprint density at radius 3 is 2.54 bits per heavy atom. The summed E-state index contributed by atoms with van der Waals surface area (Å²) in [5.41, 5.74) is 7.91. The SMILES string of the molecule is C[n+]1ccn(CCCN2CCCN(c3ccc(N)cc3)CC2)c1.[Cl-]. The minimum atomic E-state index is 0. The van der Waals surface area contributed by atoms with Crippen molar-refractivity contribution in [2.75, 3.05) is 43.4 Å². The van der Waals surface area contributed by atoms with Crippen LogP contribution < -0.4 is 27.6 Å².